The fraction of sp³-hybridized carbons (Fsp3) is 0.778. The van der Waals surface area contributed by atoms with Gasteiger partial charge in [-0.3, -0.25) is 0 Å². The maximum Gasteiger partial charge on any atom is 0.0747 e. The first-order chi connectivity index (χ1) is 6.90. The highest BCUT2D eigenvalue weighted by Gasteiger charge is 2.25. The number of aromatic nitrogens is 2. The van der Waals surface area contributed by atoms with Gasteiger partial charge in [0.15, 0.2) is 0 Å². The van der Waals surface area contributed by atoms with Crippen molar-refractivity contribution in [2.24, 2.45) is 5.92 Å². The molecule has 14 heavy (non-hydrogen) atoms. The monoisotopic (exact) mass is 213 g/mol. The molecule has 0 bridgehead atoms. The Morgan fingerprint density at radius 2 is 2.64 bits per heavy atom. The van der Waals surface area contributed by atoms with Crippen LogP contribution in [0.2, 0.25) is 0 Å². The molecule has 0 radical (unpaired) electrons. The zero-order chi connectivity index (χ0) is 9.80. The van der Waals surface area contributed by atoms with Crippen LogP contribution in [0.1, 0.15) is 12.1 Å². The number of nitrogens with zero attached hydrogens (tertiary/aromatic N) is 2. The summed E-state index contributed by atoms with van der Waals surface area (Å²) >= 11 is 1.28. The number of hydrogen-bond donors (Lipinski definition) is 1. The lowest BCUT2D eigenvalue weighted by Crippen LogP contribution is -2.41. The molecule has 1 fully saturated rings. The molecule has 2 rings (SSSR count). The molecule has 78 valence electrons. The number of ether oxygens (including phenoxy) is 1. The Morgan fingerprint density at radius 3 is 3.36 bits per heavy atom. The highest BCUT2D eigenvalue weighted by atomic mass is 32.1. The number of nitrogens with one attached hydrogen (secondary N) is 1. The molecule has 1 aromatic heterocycles. The van der Waals surface area contributed by atoms with Gasteiger partial charge in [-0.1, -0.05) is 0 Å². The van der Waals surface area contributed by atoms with Crippen LogP contribution in [0.25, 0.3) is 0 Å². The van der Waals surface area contributed by atoms with E-state index in [9.17, 15) is 0 Å². The predicted molar refractivity (Wildman–Crippen MR) is 55.4 cm³/mol. The third-order valence-electron chi connectivity index (χ3n) is 2.72. The van der Waals surface area contributed by atoms with Crippen molar-refractivity contribution in [1.29, 1.82) is 0 Å². The summed E-state index contributed by atoms with van der Waals surface area (Å²) in [6.07, 6.45) is 3.92. The average molecular weight is 213 g/mol. The highest BCUT2D eigenvalue weighted by Crippen LogP contribution is 2.18. The van der Waals surface area contributed by atoms with E-state index >= 15 is 0 Å². The summed E-state index contributed by atoms with van der Waals surface area (Å²) in [6.45, 7) is 1.71. The molecule has 2 atom stereocenters. The van der Waals surface area contributed by atoms with Crippen LogP contribution in [-0.4, -0.2) is 35.1 Å². The smallest absolute Gasteiger partial charge is 0.0747 e. The van der Waals surface area contributed by atoms with E-state index in [1.54, 1.807) is 0 Å². The van der Waals surface area contributed by atoms with Crippen molar-refractivity contribution in [2.45, 2.75) is 18.9 Å². The predicted octanol–water partition coefficient (Wildman–Crippen LogP) is 0.705. The van der Waals surface area contributed by atoms with Crippen LogP contribution in [0, 0.1) is 5.92 Å². The lowest BCUT2D eigenvalue weighted by atomic mass is 9.92. The van der Waals surface area contributed by atoms with Gasteiger partial charge in [0, 0.05) is 18.6 Å². The van der Waals surface area contributed by atoms with Crippen molar-refractivity contribution in [3.63, 3.8) is 0 Å². The average Bonchev–Trinajstić information content (AvgIpc) is 2.71. The van der Waals surface area contributed by atoms with Crippen LogP contribution in [0.5, 0.6) is 0 Å². The summed E-state index contributed by atoms with van der Waals surface area (Å²) in [5, 5.41) is 3.34. The molecule has 1 aliphatic heterocycles. The molecule has 0 amide bonds. The van der Waals surface area contributed by atoms with E-state index in [2.05, 4.69) is 14.1 Å². The number of hydrogen-bond acceptors (Lipinski definition) is 5. The molecule has 0 aliphatic carbocycles. The van der Waals surface area contributed by atoms with E-state index in [4.69, 9.17) is 4.74 Å². The first-order valence-electron chi connectivity index (χ1n) is 4.91. The van der Waals surface area contributed by atoms with E-state index in [0.29, 0.717) is 12.0 Å². The minimum Gasteiger partial charge on any atom is -0.381 e. The second kappa shape index (κ2) is 4.82. The first kappa shape index (κ1) is 10.0. The highest BCUT2D eigenvalue weighted by molar-refractivity contribution is 6.99. The van der Waals surface area contributed by atoms with Gasteiger partial charge in [-0.05, 0) is 19.9 Å². The van der Waals surface area contributed by atoms with E-state index < -0.39 is 0 Å². The van der Waals surface area contributed by atoms with Crippen LogP contribution in [-0.2, 0) is 11.2 Å². The van der Waals surface area contributed by atoms with E-state index in [1.807, 2.05) is 13.2 Å². The standard InChI is InChI=1S/C9H15N3OS/c1-10-9-2-3-13-6-7(9)4-8-5-11-14-12-8/h5,7,9-10H,2-4,6H2,1H3. The molecule has 2 unspecified atom stereocenters. The zero-order valence-electron chi connectivity index (χ0n) is 8.27. The van der Waals surface area contributed by atoms with E-state index in [1.165, 1.54) is 11.7 Å². The minimum absolute atomic E-state index is 0.539. The van der Waals surface area contributed by atoms with Crippen LogP contribution < -0.4 is 5.32 Å². The molecule has 0 saturated carbocycles. The molecule has 5 heteroatoms. The number of rotatable bonds is 3. The van der Waals surface area contributed by atoms with Crippen LogP contribution in [0.15, 0.2) is 6.20 Å². The molecule has 1 aromatic rings. The molecule has 4 nitrogen and oxygen atoms in total. The second-order valence-electron chi connectivity index (χ2n) is 3.62. The Morgan fingerprint density at radius 1 is 1.71 bits per heavy atom. The van der Waals surface area contributed by atoms with Crippen molar-refractivity contribution in [3.8, 4) is 0 Å². The maximum atomic E-state index is 5.48. The lowest BCUT2D eigenvalue weighted by Gasteiger charge is -2.30. The van der Waals surface area contributed by atoms with Crippen molar-refractivity contribution >= 4 is 11.7 Å². The largest absolute Gasteiger partial charge is 0.381 e. The molecule has 2 heterocycles. The molecular formula is C9H15N3OS. The Hall–Kier alpha value is -0.520. The normalized spacial score (nSPS) is 27.8. The Balaban J connectivity index is 1.94. The molecule has 1 aliphatic rings. The molecule has 0 spiro atoms. The van der Waals surface area contributed by atoms with Gasteiger partial charge in [0.2, 0.25) is 0 Å². The quantitative estimate of drug-likeness (QED) is 0.803. The summed E-state index contributed by atoms with van der Waals surface area (Å²) in [5.74, 6) is 0.539. The minimum atomic E-state index is 0.539. The Bertz CT molecular complexity index is 265. The fourth-order valence-corrected chi connectivity index (χ4v) is 2.36. The molecule has 1 N–H and O–H groups in total. The maximum absolute atomic E-state index is 5.48. The first-order valence-corrected chi connectivity index (χ1v) is 5.64. The van der Waals surface area contributed by atoms with Crippen LogP contribution in [0.4, 0.5) is 0 Å². The Kier molecular flexibility index (Phi) is 3.44. The summed E-state index contributed by atoms with van der Waals surface area (Å²) < 4.78 is 13.7. The summed E-state index contributed by atoms with van der Waals surface area (Å²) in [7, 11) is 2.02. The zero-order valence-corrected chi connectivity index (χ0v) is 9.09. The van der Waals surface area contributed by atoms with Crippen molar-refractivity contribution < 1.29 is 4.74 Å². The SMILES string of the molecule is CNC1CCOCC1Cc1cnsn1. The van der Waals surface area contributed by atoms with Crippen molar-refractivity contribution in [3.05, 3.63) is 11.9 Å². The van der Waals surface area contributed by atoms with E-state index in [-0.39, 0.29) is 0 Å². The molecular weight excluding hydrogens is 198 g/mol. The van der Waals surface area contributed by atoms with Crippen molar-refractivity contribution in [2.75, 3.05) is 20.3 Å². The van der Waals surface area contributed by atoms with Crippen LogP contribution in [0.3, 0.4) is 0 Å². The Labute approximate surface area is 88.0 Å². The van der Waals surface area contributed by atoms with Gasteiger partial charge >= 0.3 is 0 Å². The van der Waals surface area contributed by atoms with Gasteiger partial charge in [-0.2, -0.15) is 8.75 Å². The van der Waals surface area contributed by atoms with Gasteiger partial charge < -0.3 is 10.1 Å². The van der Waals surface area contributed by atoms with Gasteiger partial charge in [0.1, 0.15) is 0 Å². The van der Waals surface area contributed by atoms with Gasteiger partial charge in [0.05, 0.1) is 30.2 Å². The van der Waals surface area contributed by atoms with Gasteiger partial charge in [0.25, 0.3) is 0 Å². The molecule has 0 aromatic carbocycles. The third kappa shape index (κ3) is 2.29. The molecule has 1 saturated heterocycles. The van der Waals surface area contributed by atoms with Crippen molar-refractivity contribution in [1.82, 2.24) is 14.1 Å². The third-order valence-corrected chi connectivity index (χ3v) is 3.24. The fourth-order valence-electron chi connectivity index (χ4n) is 1.92. The van der Waals surface area contributed by atoms with Gasteiger partial charge in [-0.25, -0.2) is 0 Å². The lowest BCUT2D eigenvalue weighted by molar-refractivity contribution is 0.0339. The van der Waals surface area contributed by atoms with Gasteiger partial charge in [-0.15, -0.1) is 0 Å². The summed E-state index contributed by atoms with van der Waals surface area (Å²) in [6, 6.07) is 0.561. The summed E-state index contributed by atoms with van der Waals surface area (Å²) in [5.41, 5.74) is 1.09. The van der Waals surface area contributed by atoms with Crippen LogP contribution >= 0.6 is 11.7 Å². The topological polar surface area (TPSA) is 47.0 Å². The van der Waals surface area contributed by atoms with E-state index in [0.717, 1.165) is 31.7 Å². The second-order valence-corrected chi connectivity index (χ2v) is 4.18. The summed E-state index contributed by atoms with van der Waals surface area (Å²) in [4.78, 5) is 0.